The van der Waals surface area contributed by atoms with Gasteiger partial charge in [0.05, 0.1) is 11.5 Å². The van der Waals surface area contributed by atoms with Crippen molar-refractivity contribution in [1.29, 1.82) is 0 Å². The van der Waals surface area contributed by atoms with Crippen molar-refractivity contribution in [3.63, 3.8) is 0 Å². The van der Waals surface area contributed by atoms with Gasteiger partial charge in [-0.1, -0.05) is 0 Å². The lowest BCUT2D eigenvalue weighted by atomic mass is 10.1. The van der Waals surface area contributed by atoms with Gasteiger partial charge in [-0.3, -0.25) is 0 Å². The van der Waals surface area contributed by atoms with Crippen molar-refractivity contribution >= 4 is 33.3 Å². The van der Waals surface area contributed by atoms with Crippen molar-refractivity contribution < 1.29 is 5.11 Å². The molecule has 2 heterocycles. The van der Waals surface area contributed by atoms with Crippen LogP contribution in [0.4, 0.5) is 11.8 Å². The summed E-state index contributed by atoms with van der Waals surface area (Å²) in [6.07, 6.45) is 0.358. The number of hydrogen-bond donors (Lipinski definition) is 3. The first-order valence-electron chi connectivity index (χ1n) is 6.40. The van der Waals surface area contributed by atoms with E-state index in [0.717, 1.165) is 16.0 Å². The minimum atomic E-state index is -0.326. The van der Waals surface area contributed by atoms with E-state index in [-0.39, 0.29) is 12.1 Å². The maximum Gasteiger partial charge on any atom is 0.225 e. The van der Waals surface area contributed by atoms with E-state index in [1.165, 1.54) is 4.88 Å². The van der Waals surface area contributed by atoms with Crippen molar-refractivity contribution in [3.05, 3.63) is 10.9 Å². The number of nitrogens with one attached hydrogen (secondary N) is 2. The van der Waals surface area contributed by atoms with Crippen LogP contribution < -0.4 is 10.6 Å². The fourth-order valence-corrected chi connectivity index (χ4v) is 2.95. The molecule has 2 unspecified atom stereocenters. The predicted molar refractivity (Wildman–Crippen MR) is 81.1 cm³/mol. The first-order valence-corrected chi connectivity index (χ1v) is 7.21. The van der Waals surface area contributed by atoms with Gasteiger partial charge in [0.25, 0.3) is 0 Å². The van der Waals surface area contributed by atoms with Crippen LogP contribution >= 0.6 is 11.3 Å². The lowest BCUT2D eigenvalue weighted by Crippen LogP contribution is -2.21. The number of nitrogens with zero attached hydrogens (tertiary/aromatic N) is 2. The van der Waals surface area contributed by atoms with Crippen LogP contribution in [0.5, 0.6) is 0 Å². The molecule has 0 aliphatic heterocycles. The lowest BCUT2D eigenvalue weighted by Gasteiger charge is -2.17. The normalized spacial score (nSPS) is 14.4. The van der Waals surface area contributed by atoms with Gasteiger partial charge >= 0.3 is 0 Å². The second-order valence-electron chi connectivity index (χ2n) is 4.85. The zero-order valence-corrected chi connectivity index (χ0v) is 12.5. The molecule has 2 aromatic heterocycles. The summed E-state index contributed by atoms with van der Waals surface area (Å²) in [6.45, 7) is 5.90. The number of hydrogen-bond acceptors (Lipinski definition) is 6. The highest BCUT2D eigenvalue weighted by Gasteiger charge is 2.13. The van der Waals surface area contributed by atoms with Gasteiger partial charge in [-0.2, -0.15) is 4.98 Å². The van der Waals surface area contributed by atoms with E-state index < -0.39 is 0 Å². The number of anilines is 2. The van der Waals surface area contributed by atoms with Crippen LogP contribution in [0.1, 0.15) is 25.1 Å². The van der Waals surface area contributed by atoms with Crippen LogP contribution in [0, 0.1) is 6.92 Å². The van der Waals surface area contributed by atoms with E-state index in [2.05, 4.69) is 33.6 Å². The SMILES string of the molecule is CNc1nc(NC(C)CC(C)O)c2cc(C)sc2n1. The third kappa shape index (κ3) is 3.33. The summed E-state index contributed by atoms with van der Waals surface area (Å²) >= 11 is 1.66. The average Bonchev–Trinajstić information content (AvgIpc) is 2.68. The Labute approximate surface area is 117 Å². The number of aliphatic hydroxyl groups excluding tert-OH is 1. The Morgan fingerprint density at radius 1 is 1.37 bits per heavy atom. The third-order valence-corrected chi connectivity index (χ3v) is 3.76. The predicted octanol–water partition coefficient (Wildman–Crippen LogP) is 2.61. The van der Waals surface area contributed by atoms with E-state index >= 15 is 0 Å². The number of thiophene rings is 1. The smallest absolute Gasteiger partial charge is 0.225 e. The monoisotopic (exact) mass is 280 g/mol. The second kappa shape index (κ2) is 5.71. The molecule has 5 nitrogen and oxygen atoms in total. The number of rotatable bonds is 5. The number of fused-ring (bicyclic) bond motifs is 1. The maximum absolute atomic E-state index is 9.44. The van der Waals surface area contributed by atoms with Gasteiger partial charge in [-0.15, -0.1) is 11.3 Å². The summed E-state index contributed by atoms with van der Waals surface area (Å²) in [7, 11) is 1.81. The van der Waals surface area contributed by atoms with E-state index in [1.807, 2.05) is 14.0 Å². The molecule has 19 heavy (non-hydrogen) atoms. The molecule has 0 saturated carbocycles. The molecule has 0 aliphatic rings. The van der Waals surface area contributed by atoms with E-state index in [4.69, 9.17) is 0 Å². The van der Waals surface area contributed by atoms with Crippen LogP contribution in [0.2, 0.25) is 0 Å². The average molecular weight is 280 g/mol. The number of aromatic nitrogens is 2. The highest BCUT2D eigenvalue weighted by atomic mass is 32.1. The van der Waals surface area contributed by atoms with Gasteiger partial charge < -0.3 is 15.7 Å². The molecule has 0 fully saturated rings. The van der Waals surface area contributed by atoms with E-state index in [1.54, 1.807) is 18.3 Å². The minimum absolute atomic E-state index is 0.156. The Kier molecular flexibility index (Phi) is 4.21. The molecular weight excluding hydrogens is 260 g/mol. The molecule has 6 heteroatoms. The Balaban J connectivity index is 2.34. The van der Waals surface area contributed by atoms with Gasteiger partial charge in [-0.05, 0) is 33.3 Å². The van der Waals surface area contributed by atoms with Crippen molar-refractivity contribution in [3.8, 4) is 0 Å². The number of aliphatic hydroxyl groups is 1. The molecule has 3 N–H and O–H groups in total. The largest absolute Gasteiger partial charge is 0.393 e. The first-order chi connectivity index (χ1) is 8.99. The van der Waals surface area contributed by atoms with Crippen LogP contribution in [-0.2, 0) is 0 Å². The quantitative estimate of drug-likeness (QED) is 0.785. The lowest BCUT2D eigenvalue weighted by molar-refractivity contribution is 0.179. The third-order valence-electron chi connectivity index (χ3n) is 2.82. The van der Waals surface area contributed by atoms with Gasteiger partial charge in [0.1, 0.15) is 10.6 Å². The van der Waals surface area contributed by atoms with Crippen LogP contribution in [0.25, 0.3) is 10.2 Å². The molecule has 0 radical (unpaired) electrons. The van der Waals surface area contributed by atoms with E-state index in [9.17, 15) is 5.11 Å². The summed E-state index contributed by atoms with van der Waals surface area (Å²) in [4.78, 5) is 11.1. The zero-order chi connectivity index (χ0) is 14.0. The Morgan fingerprint density at radius 3 is 2.74 bits per heavy atom. The highest BCUT2D eigenvalue weighted by Crippen LogP contribution is 2.30. The molecule has 2 atom stereocenters. The summed E-state index contributed by atoms with van der Waals surface area (Å²) in [5, 5.41) is 16.8. The van der Waals surface area contributed by atoms with Crippen LogP contribution in [0.15, 0.2) is 6.07 Å². The molecular formula is C13H20N4OS. The molecule has 2 aromatic rings. The Hall–Kier alpha value is -1.40. The van der Waals surface area contributed by atoms with Gasteiger partial charge in [-0.25, -0.2) is 4.98 Å². The van der Waals surface area contributed by atoms with Crippen molar-refractivity contribution in [1.82, 2.24) is 9.97 Å². The molecule has 0 amide bonds. The molecule has 2 rings (SSSR count). The summed E-state index contributed by atoms with van der Waals surface area (Å²) in [5.41, 5.74) is 0. The summed E-state index contributed by atoms with van der Waals surface area (Å²) in [5.74, 6) is 1.44. The standard InChI is InChI=1S/C13H20N4OS/c1-7(5-8(2)18)15-11-10-6-9(3)19-12(10)17-13(14-4)16-11/h6-8,18H,5H2,1-4H3,(H2,14,15,16,17). The number of aryl methyl sites for hydroxylation is 1. The van der Waals surface area contributed by atoms with Crippen LogP contribution in [-0.4, -0.2) is 34.3 Å². The van der Waals surface area contributed by atoms with Crippen molar-refractivity contribution in [2.45, 2.75) is 39.3 Å². The van der Waals surface area contributed by atoms with Crippen LogP contribution in [0.3, 0.4) is 0 Å². The van der Waals surface area contributed by atoms with Gasteiger partial charge in [0.2, 0.25) is 5.95 Å². The molecule has 0 bridgehead atoms. The molecule has 0 saturated heterocycles. The minimum Gasteiger partial charge on any atom is -0.393 e. The first kappa shape index (κ1) is 14.0. The molecule has 104 valence electrons. The fraction of sp³-hybridized carbons (Fsp3) is 0.538. The van der Waals surface area contributed by atoms with E-state index in [0.29, 0.717) is 12.4 Å². The fourth-order valence-electron chi connectivity index (χ4n) is 2.07. The Bertz CT molecular complexity index is 567. The Morgan fingerprint density at radius 2 is 2.11 bits per heavy atom. The molecule has 0 spiro atoms. The molecule has 0 aromatic carbocycles. The highest BCUT2D eigenvalue weighted by molar-refractivity contribution is 7.18. The summed E-state index contributed by atoms with van der Waals surface area (Å²) < 4.78 is 0. The summed E-state index contributed by atoms with van der Waals surface area (Å²) in [6, 6.07) is 2.25. The zero-order valence-electron chi connectivity index (χ0n) is 11.7. The van der Waals surface area contributed by atoms with Gasteiger partial charge in [0.15, 0.2) is 0 Å². The van der Waals surface area contributed by atoms with Crippen molar-refractivity contribution in [2.75, 3.05) is 17.7 Å². The molecule has 0 aliphatic carbocycles. The van der Waals surface area contributed by atoms with Gasteiger partial charge in [0, 0.05) is 18.0 Å². The second-order valence-corrected chi connectivity index (χ2v) is 6.09. The van der Waals surface area contributed by atoms with Crippen molar-refractivity contribution in [2.24, 2.45) is 0 Å². The topological polar surface area (TPSA) is 70.1 Å². The maximum atomic E-state index is 9.44.